The first kappa shape index (κ1) is 18.1. The molecule has 0 spiro atoms. The van der Waals surface area contributed by atoms with Crippen LogP contribution >= 0.6 is 0 Å². The van der Waals surface area contributed by atoms with E-state index in [1.54, 1.807) is 25.1 Å². The molecule has 0 unspecified atom stereocenters. The highest BCUT2D eigenvalue weighted by Crippen LogP contribution is 2.23. The highest BCUT2D eigenvalue weighted by atomic mass is 16.6. The van der Waals surface area contributed by atoms with Gasteiger partial charge in [0, 0.05) is 23.0 Å². The van der Waals surface area contributed by atoms with E-state index in [2.05, 4.69) is 15.6 Å². The zero-order valence-electron chi connectivity index (χ0n) is 13.9. The number of nitro groups is 1. The number of pyridine rings is 1. The number of carbonyl (C=O) groups excluding carboxylic acids is 2. The molecule has 0 aliphatic rings. The molecule has 0 atom stereocenters. The number of nitro benzene ring substituents is 1. The molecule has 0 radical (unpaired) electrons. The van der Waals surface area contributed by atoms with Gasteiger partial charge in [0.15, 0.2) is 0 Å². The van der Waals surface area contributed by atoms with Crippen LogP contribution in [0.2, 0.25) is 0 Å². The van der Waals surface area contributed by atoms with E-state index in [1.165, 1.54) is 12.1 Å². The molecule has 2 aromatic rings. The molecule has 1 aromatic carbocycles. The van der Waals surface area contributed by atoms with Crippen molar-refractivity contribution in [2.24, 2.45) is 0 Å². The zero-order chi connectivity index (χ0) is 18.4. The number of hydrogen-bond donors (Lipinski definition) is 2. The maximum atomic E-state index is 11.9. The molecule has 0 saturated heterocycles. The molecule has 8 heteroatoms. The van der Waals surface area contributed by atoms with Gasteiger partial charge in [-0.1, -0.05) is 19.1 Å². The molecule has 130 valence electrons. The predicted octanol–water partition coefficient (Wildman–Crippen LogP) is 2.12. The Hall–Kier alpha value is -3.29. The lowest BCUT2D eigenvalue weighted by atomic mass is 10.1. The minimum absolute atomic E-state index is 0.0929. The van der Waals surface area contributed by atoms with Gasteiger partial charge < -0.3 is 10.6 Å². The summed E-state index contributed by atoms with van der Waals surface area (Å²) in [6.45, 7) is 3.74. The maximum absolute atomic E-state index is 11.9. The van der Waals surface area contributed by atoms with Crippen LogP contribution in [0.5, 0.6) is 0 Å². The summed E-state index contributed by atoms with van der Waals surface area (Å²) in [6, 6.07) is 9.69. The van der Waals surface area contributed by atoms with Crippen molar-refractivity contribution in [3.63, 3.8) is 0 Å². The number of rotatable bonds is 5. The summed E-state index contributed by atoms with van der Waals surface area (Å²) in [5.41, 5.74) is 2.09. The molecule has 1 aromatic heterocycles. The highest BCUT2D eigenvalue weighted by molar-refractivity contribution is 6.39. The first-order valence-corrected chi connectivity index (χ1v) is 7.69. The summed E-state index contributed by atoms with van der Waals surface area (Å²) in [7, 11) is 0. The van der Waals surface area contributed by atoms with Crippen molar-refractivity contribution in [2.45, 2.75) is 26.8 Å². The van der Waals surface area contributed by atoms with Crippen LogP contribution in [0.1, 0.15) is 23.9 Å². The molecule has 0 bridgehead atoms. The third kappa shape index (κ3) is 4.84. The van der Waals surface area contributed by atoms with Crippen molar-refractivity contribution in [1.82, 2.24) is 10.3 Å². The van der Waals surface area contributed by atoms with Gasteiger partial charge in [0.1, 0.15) is 0 Å². The number of aromatic nitrogens is 1. The number of nitrogens with zero attached hydrogens (tertiary/aromatic N) is 2. The molecule has 1 heterocycles. The number of anilines is 1. The minimum atomic E-state index is -0.897. The molecule has 2 rings (SSSR count). The second-order valence-electron chi connectivity index (χ2n) is 5.36. The summed E-state index contributed by atoms with van der Waals surface area (Å²) in [5.74, 6) is -1.74. The van der Waals surface area contributed by atoms with E-state index < -0.39 is 16.7 Å². The van der Waals surface area contributed by atoms with Gasteiger partial charge in [-0.15, -0.1) is 0 Å². The van der Waals surface area contributed by atoms with E-state index in [4.69, 9.17) is 0 Å². The largest absolute Gasteiger partial charge is 0.342 e. The van der Waals surface area contributed by atoms with Crippen LogP contribution in [0, 0.1) is 17.0 Å². The molecule has 25 heavy (non-hydrogen) atoms. The standard InChI is InChI=1S/C17H18N4O4/c1-3-12-7-8-13(9-15(12)21(24)25)20-17(23)16(22)18-10-14-6-4-5-11(2)19-14/h4-9H,3,10H2,1-2H3,(H,18,22)(H,20,23). The number of nitrogens with one attached hydrogen (secondary N) is 2. The van der Waals surface area contributed by atoms with E-state index in [-0.39, 0.29) is 17.9 Å². The second kappa shape index (κ2) is 8.00. The van der Waals surface area contributed by atoms with Crippen molar-refractivity contribution >= 4 is 23.2 Å². The topological polar surface area (TPSA) is 114 Å². The lowest BCUT2D eigenvalue weighted by Gasteiger charge is -2.08. The normalized spacial score (nSPS) is 10.2. The lowest BCUT2D eigenvalue weighted by Crippen LogP contribution is -2.35. The second-order valence-corrected chi connectivity index (χ2v) is 5.36. The van der Waals surface area contributed by atoms with Gasteiger partial charge in [-0.2, -0.15) is 0 Å². The average Bonchev–Trinajstić information content (AvgIpc) is 2.59. The van der Waals surface area contributed by atoms with E-state index in [9.17, 15) is 19.7 Å². The first-order valence-electron chi connectivity index (χ1n) is 7.69. The van der Waals surface area contributed by atoms with Gasteiger partial charge in [0.25, 0.3) is 5.69 Å². The average molecular weight is 342 g/mol. The highest BCUT2D eigenvalue weighted by Gasteiger charge is 2.17. The van der Waals surface area contributed by atoms with Gasteiger partial charge in [-0.3, -0.25) is 24.7 Å². The lowest BCUT2D eigenvalue weighted by molar-refractivity contribution is -0.385. The quantitative estimate of drug-likeness (QED) is 0.491. The Morgan fingerprint density at radius 3 is 2.60 bits per heavy atom. The van der Waals surface area contributed by atoms with Crippen molar-refractivity contribution in [3.8, 4) is 0 Å². The van der Waals surface area contributed by atoms with Gasteiger partial charge in [-0.05, 0) is 31.5 Å². The molecule has 0 fully saturated rings. The van der Waals surface area contributed by atoms with Crippen molar-refractivity contribution in [1.29, 1.82) is 0 Å². The zero-order valence-corrected chi connectivity index (χ0v) is 13.9. The fourth-order valence-electron chi connectivity index (χ4n) is 2.25. The van der Waals surface area contributed by atoms with Crippen LogP contribution in [0.25, 0.3) is 0 Å². The number of carbonyl (C=O) groups is 2. The Kier molecular flexibility index (Phi) is 5.78. The number of aryl methyl sites for hydroxylation is 2. The summed E-state index contributed by atoms with van der Waals surface area (Å²) < 4.78 is 0. The van der Waals surface area contributed by atoms with Gasteiger partial charge in [-0.25, -0.2) is 0 Å². The van der Waals surface area contributed by atoms with Crippen LogP contribution in [0.4, 0.5) is 11.4 Å². The van der Waals surface area contributed by atoms with Crippen molar-refractivity contribution in [3.05, 3.63) is 63.5 Å². The van der Waals surface area contributed by atoms with Crippen LogP contribution in [0.3, 0.4) is 0 Å². The Bertz CT molecular complexity index is 820. The van der Waals surface area contributed by atoms with Crippen molar-refractivity contribution < 1.29 is 14.5 Å². The van der Waals surface area contributed by atoms with Crippen LogP contribution in [0.15, 0.2) is 36.4 Å². The summed E-state index contributed by atoms with van der Waals surface area (Å²) in [4.78, 5) is 38.5. The van der Waals surface area contributed by atoms with Crippen LogP contribution < -0.4 is 10.6 Å². The predicted molar refractivity (Wildman–Crippen MR) is 91.9 cm³/mol. The van der Waals surface area contributed by atoms with E-state index in [0.29, 0.717) is 17.7 Å². The van der Waals surface area contributed by atoms with E-state index in [0.717, 1.165) is 5.69 Å². The monoisotopic (exact) mass is 342 g/mol. The molecule has 2 amide bonds. The molecule has 0 aliphatic heterocycles. The Morgan fingerprint density at radius 2 is 1.96 bits per heavy atom. The molecule has 8 nitrogen and oxygen atoms in total. The number of hydrogen-bond acceptors (Lipinski definition) is 5. The summed E-state index contributed by atoms with van der Waals surface area (Å²) >= 11 is 0. The maximum Gasteiger partial charge on any atom is 0.313 e. The van der Waals surface area contributed by atoms with Gasteiger partial charge in [0.2, 0.25) is 0 Å². The van der Waals surface area contributed by atoms with E-state index >= 15 is 0 Å². The Morgan fingerprint density at radius 1 is 1.20 bits per heavy atom. The van der Waals surface area contributed by atoms with Crippen LogP contribution in [-0.4, -0.2) is 21.7 Å². The Labute approximate surface area is 144 Å². The van der Waals surface area contributed by atoms with Gasteiger partial charge >= 0.3 is 11.8 Å². The molecular formula is C17H18N4O4. The van der Waals surface area contributed by atoms with Crippen molar-refractivity contribution in [2.75, 3.05) is 5.32 Å². The SMILES string of the molecule is CCc1ccc(NC(=O)C(=O)NCc2cccc(C)n2)cc1[N+](=O)[O-]. The number of benzene rings is 1. The minimum Gasteiger partial charge on any atom is -0.342 e. The molecule has 0 saturated carbocycles. The van der Waals surface area contributed by atoms with Crippen LogP contribution in [-0.2, 0) is 22.6 Å². The third-order valence-corrected chi connectivity index (χ3v) is 3.50. The third-order valence-electron chi connectivity index (χ3n) is 3.50. The fourth-order valence-corrected chi connectivity index (χ4v) is 2.25. The Balaban J connectivity index is 2.00. The molecular weight excluding hydrogens is 324 g/mol. The fraction of sp³-hybridized carbons (Fsp3) is 0.235. The summed E-state index contributed by atoms with van der Waals surface area (Å²) in [6.07, 6.45) is 0.495. The molecule has 2 N–H and O–H groups in total. The smallest absolute Gasteiger partial charge is 0.313 e. The van der Waals surface area contributed by atoms with E-state index in [1.807, 2.05) is 13.0 Å². The van der Waals surface area contributed by atoms with Gasteiger partial charge in [0.05, 0.1) is 17.2 Å². The number of amides is 2. The first-order chi connectivity index (χ1) is 11.9. The molecule has 0 aliphatic carbocycles. The summed E-state index contributed by atoms with van der Waals surface area (Å²) in [5, 5.41) is 15.9.